The van der Waals surface area contributed by atoms with Crippen molar-refractivity contribution in [3.63, 3.8) is 0 Å². The molecular formula is C17H26N2O2. The number of nitriles is 1. The van der Waals surface area contributed by atoms with Crippen molar-refractivity contribution in [2.75, 3.05) is 26.9 Å². The molecule has 0 fully saturated rings. The fourth-order valence-corrected chi connectivity index (χ4v) is 2.05. The largest absolute Gasteiger partial charge is 0.379 e. The van der Waals surface area contributed by atoms with Gasteiger partial charge in [0.25, 0.3) is 0 Å². The van der Waals surface area contributed by atoms with Crippen LogP contribution in [0.2, 0.25) is 0 Å². The van der Waals surface area contributed by atoms with Crippen molar-refractivity contribution in [3.8, 4) is 6.07 Å². The summed E-state index contributed by atoms with van der Waals surface area (Å²) < 4.78 is 11.2. The molecule has 0 radical (unpaired) electrons. The number of hydrogen-bond donors (Lipinski definition) is 1. The molecule has 4 nitrogen and oxygen atoms in total. The molecule has 21 heavy (non-hydrogen) atoms. The molecular weight excluding hydrogens is 264 g/mol. The van der Waals surface area contributed by atoms with Crippen molar-refractivity contribution in [3.05, 3.63) is 35.9 Å². The molecule has 0 amide bonds. The average molecular weight is 290 g/mol. The predicted octanol–water partition coefficient (Wildman–Crippen LogP) is 2.85. The lowest BCUT2D eigenvalue weighted by molar-refractivity contribution is -0.0363. The summed E-state index contributed by atoms with van der Waals surface area (Å²) in [7, 11) is 1.80. The van der Waals surface area contributed by atoms with Gasteiger partial charge in [0.1, 0.15) is 5.54 Å². The summed E-state index contributed by atoms with van der Waals surface area (Å²) in [5.41, 5.74) is 0.116. The predicted molar refractivity (Wildman–Crippen MR) is 83.9 cm³/mol. The molecule has 0 aliphatic rings. The van der Waals surface area contributed by atoms with Gasteiger partial charge in [-0.25, -0.2) is 0 Å². The molecule has 1 N–H and O–H groups in total. The molecule has 116 valence electrons. The minimum atomic E-state index is -0.702. The molecule has 0 spiro atoms. The molecule has 1 aromatic carbocycles. The Balaban J connectivity index is 2.45. The SMILES string of the molecule is CNC(C#N)(CCOCCOC(C)(C)C)c1ccccc1. The number of nitrogens with zero attached hydrogens (tertiary/aromatic N) is 1. The lowest BCUT2D eigenvalue weighted by Gasteiger charge is -2.26. The van der Waals surface area contributed by atoms with Crippen LogP contribution >= 0.6 is 0 Å². The third kappa shape index (κ3) is 5.84. The summed E-state index contributed by atoms with van der Waals surface area (Å²) in [6.45, 7) is 7.67. The maximum Gasteiger partial charge on any atom is 0.134 e. The van der Waals surface area contributed by atoms with Crippen LogP contribution < -0.4 is 5.32 Å². The number of ether oxygens (including phenoxy) is 2. The lowest BCUT2D eigenvalue weighted by Crippen LogP contribution is -2.39. The molecule has 0 saturated heterocycles. The van der Waals surface area contributed by atoms with Crippen LogP contribution in [0.25, 0.3) is 0 Å². The Morgan fingerprint density at radius 2 is 1.76 bits per heavy atom. The highest BCUT2D eigenvalue weighted by Crippen LogP contribution is 2.23. The normalized spacial score (nSPS) is 14.4. The van der Waals surface area contributed by atoms with Gasteiger partial charge >= 0.3 is 0 Å². The monoisotopic (exact) mass is 290 g/mol. The van der Waals surface area contributed by atoms with E-state index in [0.717, 1.165) is 5.56 Å². The van der Waals surface area contributed by atoms with Crippen LogP contribution in [0.4, 0.5) is 0 Å². The Morgan fingerprint density at radius 3 is 2.29 bits per heavy atom. The van der Waals surface area contributed by atoms with Crippen LogP contribution in [0.1, 0.15) is 32.8 Å². The molecule has 1 unspecified atom stereocenters. The van der Waals surface area contributed by atoms with Crippen LogP contribution in [-0.2, 0) is 15.0 Å². The first-order valence-corrected chi connectivity index (χ1v) is 7.31. The van der Waals surface area contributed by atoms with E-state index in [1.807, 2.05) is 51.1 Å². The molecule has 0 aliphatic heterocycles. The standard InChI is InChI=1S/C17H26N2O2/c1-16(2,3)21-13-12-20-11-10-17(14-18,19-4)15-8-6-5-7-9-15/h5-9,19H,10-13H2,1-4H3. The van der Waals surface area contributed by atoms with Crippen LogP contribution in [0.5, 0.6) is 0 Å². The minimum absolute atomic E-state index is 0.144. The van der Waals surface area contributed by atoms with Crippen LogP contribution in [0, 0.1) is 11.3 Å². The van der Waals surface area contributed by atoms with E-state index in [0.29, 0.717) is 26.2 Å². The molecule has 0 aliphatic carbocycles. The third-order valence-electron chi connectivity index (χ3n) is 3.27. The molecule has 0 heterocycles. The van der Waals surface area contributed by atoms with E-state index in [-0.39, 0.29) is 5.60 Å². The van der Waals surface area contributed by atoms with E-state index in [1.165, 1.54) is 0 Å². The fraction of sp³-hybridized carbons (Fsp3) is 0.588. The Hall–Kier alpha value is -1.41. The fourth-order valence-electron chi connectivity index (χ4n) is 2.05. The molecule has 1 atom stereocenters. The van der Waals surface area contributed by atoms with Gasteiger partial charge in [0.2, 0.25) is 0 Å². The summed E-state index contributed by atoms with van der Waals surface area (Å²) in [6.07, 6.45) is 0.597. The summed E-state index contributed by atoms with van der Waals surface area (Å²) in [4.78, 5) is 0. The summed E-state index contributed by atoms with van der Waals surface area (Å²) in [5.74, 6) is 0. The lowest BCUT2D eigenvalue weighted by atomic mass is 9.88. The number of hydrogen-bond acceptors (Lipinski definition) is 4. The van der Waals surface area contributed by atoms with Crippen molar-refractivity contribution in [1.29, 1.82) is 5.26 Å². The highest BCUT2D eigenvalue weighted by molar-refractivity contribution is 5.31. The first kappa shape index (κ1) is 17.6. The second kappa shape index (κ2) is 8.14. The minimum Gasteiger partial charge on any atom is -0.379 e. The Bertz CT molecular complexity index is 448. The van der Waals surface area contributed by atoms with Gasteiger partial charge in [0, 0.05) is 13.0 Å². The Labute approximate surface area is 128 Å². The smallest absolute Gasteiger partial charge is 0.134 e. The van der Waals surface area contributed by atoms with Crippen molar-refractivity contribution in [2.45, 2.75) is 38.3 Å². The van der Waals surface area contributed by atoms with Gasteiger partial charge in [-0.2, -0.15) is 5.26 Å². The number of benzene rings is 1. The van der Waals surface area contributed by atoms with Crippen molar-refractivity contribution in [1.82, 2.24) is 5.32 Å². The van der Waals surface area contributed by atoms with Crippen LogP contribution in [0.3, 0.4) is 0 Å². The van der Waals surface area contributed by atoms with E-state index in [2.05, 4.69) is 11.4 Å². The highest BCUT2D eigenvalue weighted by Gasteiger charge is 2.29. The van der Waals surface area contributed by atoms with E-state index < -0.39 is 5.54 Å². The molecule has 1 aromatic rings. The topological polar surface area (TPSA) is 54.3 Å². The van der Waals surface area contributed by atoms with Gasteiger partial charge < -0.3 is 9.47 Å². The van der Waals surface area contributed by atoms with E-state index in [4.69, 9.17) is 9.47 Å². The zero-order valence-corrected chi connectivity index (χ0v) is 13.5. The quantitative estimate of drug-likeness (QED) is 0.748. The Morgan fingerprint density at radius 1 is 1.10 bits per heavy atom. The Kier molecular flexibility index (Phi) is 6.83. The zero-order valence-electron chi connectivity index (χ0n) is 13.5. The molecule has 0 saturated carbocycles. The van der Waals surface area contributed by atoms with Crippen molar-refractivity contribution in [2.24, 2.45) is 0 Å². The van der Waals surface area contributed by atoms with Crippen molar-refractivity contribution >= 4 is 0 Å². The van der Waals surface area contributed by atoms with Crippen LogP contribution in [-0.4, -0.2) is 32.5 Å². The van der Waals surface area contributed by atoms with E-state index in [1.54, 1.807) is 7.05 Å². The highest BCUT2D eigenvalue weighted by atomic mass is 16.5. The first-order chi connectivity index (χ1) is 9.93. The molecule has 0 bridgehead atoms. The van der Waals surface area contributed by atoms with E-state index >= 15 is 0 Å². The number of nitrogens with one attached hydrogen (secondary N) is 1. The maximum absolute atomic E-state index is 9.55. The van der Waals surface area contributed by atoms with Gasteiger partial charge in [-0.15, -0.1) is 0 Å². The van der Waals surface area contributed by atoms with Gasteiger partial charge in [0.05, 0.1) is 24.9 Å². The zero-order chi connectivity index (χ0) is 15.8. The second-order valence-corrected chi connectivity index (χ2v) is 5.96. The maximum atomic E-state index is 9.55. The molecule has 4 heteroatoms. The van der Waals surface area contributed by atoms with Gasteiger partial charge in [-0.3, -0.25) is 5.32 Å². The third-order valence-corrected chi connectivity index (χ3v) is 3.27. The van der Waals surface area contributed by atoms with Gasteiger partial charge in [0.15, 0.2) is 0 Å². The van der Waals surface area contributed by atoms with Crippen LogP contribution in [0.15, 0.2) is 30.3 Å². The van der Waals surface area contributed by atoms with E-state index in [9.17, 15) is 5.26 Å². The summed E-state index contributed by atoms with van der Waals surface area (Å²) in [5, 5.41) is 12.7. The number of rotatable bonds is 8. The molecule has 1 rings (SSSR count). The first-order valence-electron chi connectivity index (χ1n) is 7.31. The average Bonchev–Trinajstić information content (AvgIpc) is 2.47. The summed E-state index contributed by atoms with van der Waals surface area (Å²) in [6, 6.07) is 12.1. The molecule has 0 aromatic heterocycles. The van der Waals surface area contributed by atoms with Gasteiger partial charge in [-0.05, 0) is 33.4 Å². The van der Waals surface area contributed by atoms with Crippen molar-refractivity contribution < 1.29 is 9.47 Å². The van der Waals surface area contributed by atoms with Gasteiger partial charge in [-0.1, -0.05) is 30.3 Å². The second-order valence-electron chi connectivity index (χ2n) is 5.96. The summed E-state index contributed by atoms with van der Waals surface area (Å²) >= 11 is 0.